The molecule has 0 aliphatic carbocycles. The van der Waals surface area contributed by atoms with Crippen LogP contribution in [0.25, 0.3) is 0 Å². The first-order chi connectivity index (χ1) is 6.11. The molecule has 70 valence electrons. The van der Waals surface area contributed by atoms with Crippen molar-refractivity contribution in [3.05, 3.63) is 40.9 Å². The normalized spacial score (nSPS) is 9.77. The molecular formula is C11H14BrN. The lowest BCUT2D eigenvalue weighted by atomic mass is 10.2. The molecule has 0 aliphatic rings. The molecule has 0 aliphatic heterocycles. The average molecular weight is 240 g/mol. The largest absolute Gasteiger partial charge is 0.370 e. The van der Waals surface area contributed by atoms with Crippen LogP contribution in [0.1, 0.15) is 5.56 Å². The third-order valence-corrected chi connectivity index (χ3v) is 2.19. The van der Waals surface area contributed by atoms with Crippen molar-refractivity contribution in [3.63, 3.8) is 0 Å². The Kier molecular flexibility index (Phi) is 3.55. The maximum atomic E-state index is 3.83. The van der Waals surface area contributed by atoms with Gasteiger partial charge in [0.1, 0.15) is 0 Å². The van der Waals surface area contributed by atoms with E-state index < -0.39 is 0 Å². The molecule has 1 rings (SSSR count). The quantitative estimate of drug-likeness (QED) is 0.783. The Morgan fingerprint density at radius 3 is 2.62 bits per heavy atom. The van der Waals surface area contributed by atoms with Crippen LogP contribution in [0.5, 0.6) is 0 Å². The third kappa shape index (κ3) is 2.88. The first-order valence-corrected chi connectivity index (χ1v) is 5.00. The summed E-state index contributed by atoms with van der Waals surface area (Å²) in [4.78, 5) is 2.17. The molecule has 0 saturated carbocycles. The third-order valence-electron chi connectivity index (χ3n) is 1.94. The van der Waals surface area contributed by atoms with Crippen molar-refractivity contribution in [3.8, 4) is 0 Å². The maximum absolute atomic E-state index is 3.83. The van der Waals surface area contributed by atoms with Crippen LogP contribution in [0.2, 0.25) is 0 Å². The first-order valence-electron chi connectivity index (χ1n) is 4.21. The van der Waals surface area contributed by atoms with E-state index in [0.717, 1.165) is 11.0 Å². The summed E-state index contributed by atoms with van der Waals surface area (Å²) < 4.78 is 0.998. The Morgan fingerprint density at radius 1 is 1.46 bits per heavy atom. The number of hydrogen-bond acceptors (Lipinski definition) is 1. The number of nitrogens with zero attached hydrogens (tertiary/aromatic N) is 1. The lowest BCUT2D eigenvalue weighted by Gasteiger charge is -2.20. The fourth-order valence-corrected chi connectivity index (χ4v) is 1.71. The van der Waals surface area contributed by atoms with Crippen molar-refractivity contribution in [2.24, 2.45) is 0 Å². The lowest BCUT2D eigenvalue weighted by Crippen LogP contribution is -2.19. The van der Waals surface area contributed by atoms with E-state index in [1.165, 1.54) is 11.3 Å². The van der Waals surface area contributed by atoms with E-state index >= 15 is 0 Å². The minimum Gasteiger partial charge on any atom is -0.370 e. The zero-order valence-electron chi connectivity index (χ0n) is 8.05. The fraction of sp³-hybridized carbons (Fsp3) is 0.273. The van der Waals surface area contributed by atoms with Gasteiger partial charge >= 0.3 is 0 Å². The molecule has 13 heavy (non-hydrogen) atoms. The molecule has 0 radical (unpaired) electrons. The van der Waals surface area contributed by atoms with Gasteiger partial charge in [0, 0.05) is 23.8 Å². The van der Waals surface area contributed by atoms with Gasteiger partial charge in [-0.15, -0.1) is 0 Å². The summed E-state index contributed by atoms with van der Waals surface area (Å²) >= 11 is 3.36. The predicted octanol–water partition coefficient (Wildman–Crippen LogP) is 3.34. The average Bonchev–Trinajstić information content (AvgIpc) is 2.03. The van der Waals surface area contributed by atoms with E-state index in [4.69, 9.17) is 0 Å². The Balaban J connectivity index is 2.82. The minimum absolute atomic E-state index is 0.838. The van der Waals surface area contributed by atoms with E-state index in [-0.39, 0.29) is 0 Å². The highest BCUT2D eigenvalue weighted by Gasteiger charge is 2.02. The van der Waals surface area contributed by atoms with Gasteiger partial charge in [0.2, 0.25) is 0 Å². The van der Waals surface area contributed by atoms with Gasteiger partial charge in [-0.25, -0.2) is 0 Å². The van der Waals surface area contributed by atoms with Crippen LogP contribution in [0.3, 0.4) is 0 Å². The summed E-state index contributed by atoms with van der Waals surface area (Å²) in [5.74, 6) is 0. The van der Waals surface area contributed by atoms with Gasteiger partial charge in [0.05, 0.1) is 0 Å². The monoisotopic (exact) mass is 239 g/mol. The number of hydrogen-bond donors (Lipinski definition) is 0. The molecule has 0 unspecified atom stereocenters. The van der Waals surface area contributed by atoms with Gasteiger partial charge in [-0.1, -0.05) is 40.7 Å². The van der Waals surface area contributed by atoms with Gasteiger partial charge < -0.3 is 4.90 Å². The van der Waals surface area contributed by atoms with Crippen LogP contribution in [0, 0.1) is 6.92 Å². The minimum atomic E-state index is 0.838. The van der Waals surface area contributed by atoms with Crippen LogP contribution in [0.4, 0.5) is 5.69 Å². The molecule has 0 bridgehead atoms. The first kappa shape index (κ1) is 10.3. The van der Waals surface area contributed by atoms with Crippen molar-refractivity contribution in [2.75, 3.05) is 18.5 Å². The van der Waals surface area contributed by atoms with E-state index in [2.05, 4.69) is 65.6 Å². The second kappa shape index (κ2) is 4.47. The van der Waals surface area contributed by atoms with Crippen LogP contribution >= 0.6 is 15.9 Å². The molecule has 1 aromatic rings. The molecule has 0 heterocycles. The highest BCUT2D eigenvalue weighted by Crippen LogP contribution is 2.19. The van der Waals surface area contributed by atoms with E-state index in [0.29, 0.717) is 0 Å². The van der Waals surface area contributed by atoms with Crippen molar-refractivity contribution in [2.45, 2.75) is 6.92 Å². The van der Waals surface area contributed by atoms with Crippen molar-refractivity contribution in [1.29, 1.82) is 0 Å². The Hall–Kier alpha value is -0.760. The molecular weight excluding hydrogens is 226 g/mol. The summed E-state index contributed by atoms with van der Waals surface area (Å²) in [6.07, 6.45) is 0. The summed E-state index contributed by atoms with van der Waals surface area (Å²) in [6.45, 7) is 6.78. The summed E-state index contributed by atoms with van der Waals surface area (Å²) in [7, 11) is 2.06. The lowest BCUT2D eigenvalue weighted by molar-refractivity contribution is 1.02. The van der Waals surface area contributed by atoms with Gasteiger partial charge in [0.25, 0.3) is 0 Å². The van der Waals surface area contributed by atoms with E-state index in [9.17, 15) is 0 Å². The van der Waals surface area contributed by atoms with Gasteiger partial charge in [-0.2, -0.15) is 0 Å². The Morgan fingerprint density at radius 2 is 2.08 bits per heavy atom. The smallest absolute Gasteiger partial charge is 0.0485 e. The molecule has 0 saturated heterocycles. The SMILES string of the molecule is C=C(Br)CN(C)c1ccccc1C. The topological polar surface area (TPSA) is 3.24 Å². The molecule has 1 aromatic carbocycles. The number of anilines is 1. The van der Waals surface area contributed by atoms with Crippen molar-refractivity contribution >= 4 is 21.6 Å². The second-order valence-electron chi connectivity index (χ2n) is 3.16. The van der Waals surface area contributed by atoms with Gasteiger partial charge in [-0.3, -0.25) is 0 Å². The predicted molar refractivity (Wildman–Crippen MR) is 62.5 cm³/mol. The van der Waals surface area contributed by atoms with Crippen LogP contribution in [-0.2, 0) is 0 Å². The highest BCUT2D eigenvalue weighted by molar-refractivity contribution is 9.11. The summed E-state index contributed by atoms with van der Waals surface area (Å²) in [6, 6.07) is 8.33. The van der Waals surface area contributed by atoms with Crippen molar-refractivity contribution in [1.82, 2.24) is 0 Å². The van der Waals surface area contributed by atoms with Crippen molar-refractivity contribution < 1.29 is 0 Å². The number of aryl methyl sites for hydroxylation is 1. The number of likely N-dealkylation sites (N-methyl/N-ethyl adjacent to an activating group) is 1. The van der Waals surface area contributed by atoms with Gasteiger partial charge in [-0.05, 0) is 18.6 Å². The Bertz CT molecular complexity index is 307. The number of rotatable bonds is 3. The van der Waals surface area contributed by atoms with E-state index in [1.54, 1.807) is 0 Å². The summed E-state index contributed by atoms with van der Waals surface area (Å²) in [5.41, 5.74) is 2.54. The number of halogens is 1. The molecule has 0 amide bonds. The zero-order valence-corrected chi connectivity index (χ0v) is 9.63. The maximum Gasteiger partial charge on any atom is 0.0485 e. The molecule has 2 heteroatoms. The Labute approximate surface area is 88.2 Å². The molecule has 0 spiro atoms. The summed E-state index contributed by atoms with van der Waals surface area (Å²) in [5, 5.41) is 0. The van der Waals surface area contributed by atoms with E-state index in [1.807, 2.05) is 0 Å². The molecule has 0 aromatic heterocycles. The van der Waals surface area contributed by atoms with Gasteiger partial charge in [0.15, 0.2) is 0 Å². The highest BCUT2D eigenvalue weighted by atomic mass is 79.9. The molecule has 0 N–H and O–H groups in total. The number of para-hydroxylation sites is 1. The second-order valence-corrected chi connectivity index (χ2v) is 4.28. The van der Waals surface area contributed by atoms with Crippen LogP contribution in [-0.4, -0.2) is 13.6 Å². The fourth-order valence-electron chi connectivity index (χ4n) is 1.33. The standard InChI is InChI=1S/C11H14BrN/c1-9-6-4-5-7-11(9)13(3)8-10(2)12/h4-7H,2,8H2,1,3H3. The molecule has 1 nitrogen and oxygen atoms in total. The van der Waals surface area contributed by atoms with Crippen LogP contribution < -0.4 is 4.90 Å². The zero-order chi connectivity index (χ0) is 9.84. The number of benzene rings is 1. The molecule has 0 fully saturated rings. The molecule has 0 atom stereocenters. The van der Waals surface area contributed by atoms with Crippen LogP contribution in [0.15, 0.2) is 35.3 Å².